The predicted octanol–water partition coefficient (Wildman–Crippen LogP) is 3.65. The van der Waals surface area contributed by atoms with Crippen LogP contribution >= 0.6 is 0 Å². The van der Waals surface area contributed by atoms with Gasteiger partial charge in [-0.1, -0.05) is 32.9 Å². The highest BCUT2D eigenvalue weighted by Crippen LogP contribution is 2.40. The molecule has 34 heavy (non-hydrogen) atoms. The SMILES string of the molecule is CC(C)(C)NC(=O)C(C1COC2OCCC21)N(C(=O)c1cnc[nH]1)c1ccc(C(C)(C)C)cc1. The number of benzene rings is 1. The van der Waals surface area contributed by atoms with Crippen LogP contribution in [0.2, 0.25) is 0 Å². The third kappa shape index (κ3) is 5.03. The molecule has 8 heteroatoms. The predicted molar refractivity (Wildman–Crippen MR) is 130 cm³/mol. The van der Waals surface area contributed by atoms with Crippen molar-refractivity contribution < 1.29 is 19.1 Å². The van der Waals surface area contributed by atoms with Gasteiger partial charge in [-0.2, -0.15) is 0 Å². The highest BCUT2D eigenvalue weighted by molar-refractivity contribution is 6.09. The standard InChI is InChI=1S/C26H36N4O4/c1-25(2,3)16-7-9-17(10-8-16)30(23(32)20-13-27-15-28-20)21(22(31)29-26(4,5)6)19-14-34-24-18(19)11-12-33-24/h7-10,13,15,18-19,21,24H,11-12,14H2,1-6H3,(H,27,28)(H,29,31). The Bertz CT molecular complexity index is 1000. The number of amides is 2. The van der Waals surface area contributed by atoms with Gasteiger partial charge in [-0.15, -0.1) is 0 Å². The van der Waals surface area contributed by atoms with E-state index in [1.807, 2.05) is 45.0 Å². The Labute approximate surface area is 201 Å². The number of aromatic nitrogens is 2. The summed E-state index contributed by atoms with van der Waals surface area (Å²) in [5.41, 5.74) is 1.64. The third-order valence-electron chi connectivity index (χ3n) is 6.50. The highest BCUT2D eigenvalue weighted by Gasteiger charge is 2.50. The second-order valence-electron chi connectivity index (χ2n) is 11.3. The molecule has 4 unspecified atom stereocenters. The van der Waals surface area contributed by atoms with Gasteiger partial charge in [0.2, 0.25) is 5.91 Å². The lowest BCUT2D eigenvalue weighted by Gasteiger charge is -2.37. The molecular formula is C26H36N4O4. The number of aromatic amines is 1. The summed E-state index contributed by atoms with van der Waals surface area (Å²) in [4.78, 5) is 36.2. The minimum atomic E-state index is -0.771. The Morgan fingerprint density at radius 2 is 1.82 bits per heavy atom. The van der Waals surface area contributed by atoms with E-state index in [2.05, 4.69) is 36.1 Å². The number of nitrogens with zero attached hydrogens (tertiary/aromatic N) is 2. The van der Waals surface area contributed by atoms with Gasteiger partial charge >= 0.3 is 0 Å². The average Bonchev–Trinajstić information content (AvgIpc) is 3.48. The number of H-pyrrole nitrogens is 1. The second kappa shape index (κ2) is 9.15. The van der Waals surface area contributed by atoms with Crippen LogP contribution in [-0.2, 0) is 19.7 Å². The second-order valence-corrected chi connectivity index (χ2v) is 11.3. The lowest BCUT2D eigenvalue weighted by atomic mass is 9.84. The molecule has 4 rings (SSSR count). The maximum Gasteiger partial charge on any atom is 0.277 e. The minimum absolute atomic E-state index is 0.0343. The normalized spacial score (nSPS) is 23.4. The Morgan fingerprint density at radius 3 is 2.41 bits per heavy atom. The van der Waals surface area contributed by atoms with Gasteiger partial charge in [-0.05, 0) is 50.3 Å². The van der Waals surface area contributed by atoms with E-state index in [0.29, 0.717) is 24.6 Å². The van der Waals surface area contributed by atoms with Gasteiger partial charge in [0.1, 0.15) is 11.7 Å². The summed E-state index contributed by atoms with van der Waals surface area (Å²) in [6.07, 6.45) is 3.42. The number of anilines is 1. The molecule has 8 nitrogen and oxygen atoms in total. The van der Waals surface area contributed by atoms with Crippen molar-refractivity contribution in [3.8, 4) is 0 Å². The van der Waals surface area contributed by atoms with Gasteiger partial charge in [0, 0.05) is 23.1 Å². The number of carbonyl (C=O) groups is 2. The number of nitrogens with one attached hydrogen (secondary N) is 2. The van der Waals surface area contributed by atoms with Crippen molar-refractivity contribution in [1.82, 2.24) is 15.3 Å². The van der Waals surface area contributed by atoms with Crippen molar-refractivity contribution in [2.75, 3.05) is 18.1 Å². The Kier molecular flexibility index (Phi) is 6.57. The van der Waals surface area contributed by atoms with Gasteiger partial charge in [0.15, 0.2) is 6.29 Å². The van der Waals surface area contributed by atoms with Crippen molar-refractivity contribution in [1.29, 1.82) is 0 Å². The van der Waals surface area contributed by atoms with Gasteiger partial charge in [0.05, 0.1) is 25.7 Å². The van der Waals surface area contributed by atoms with E-state index in [9.17, 15) is 9.59 Å². The Morgan fingerprint density at radius 1 is 1.12 bits per heavy atom. The molecule has 0 aliphatic carbocycles. The maximum absolute atomic E-state index is 13.9. The van der Waals surface area contributed by atoms with Crippen LogP contribution in [0.5, 0.6) is 0 Å². The molecule has 184 valence electrons. The zero-order chi connectivity index (χ0) is 24.7. The van der Waals surface area contributed by atoms with Crippen LogP contribution in [0.25, 0.3) is 0 Å². The number of rotatable bonds is 5. The molecule has 0 spiro atoms. The van der Waals surface area contributed by atoms with Crippen molar-refractivity contribution in [3.05, 3.63) is 48.0 Å². The number of hydrogen-bond donors (Lipinski definition) is 2. The van der Waals surface area contributed by atoms with E-state index in [-0.39, 0.29) is 35.4 Å². The summed E-state index contributed by atoms with van der Waals surface area (Å²) in [6.45, 7) is 13.2. The van der Waals surface area contributed by atoms with Crippen LogP contribution in [0.3, 0.4) is 0 Å². The summed E-state index contributed by atoms with van der Waals surface area (Å²) in [7, 11) is 0. The summed E-state index contributed by atoms with van der Waals surface area (Å²) in [6, 6.07) is 7.11. The fourth-order valence-corrected chi connectivity index (χ4v) is 4.80. The first kappa shape index (κ1) is 24.4. The van der Waals surface area contributed by atoms with Crippen molar-refractivity contribution >= 4 is 17.5 Å². The number of ether oxygens (including phenoxy) is 2. The van der Waals surface area contributed by atoms with Gasteiger partial charge in [0.25, 0.3) is 5.91 Å². The van der Waals surface area contributed by atoms with E-state index in [1.165, 1.54) is 12.5 Å². The van der Waals surface area contributed by atoms with Gasteiger partial charge in [-0.25, -0.2) is 4.98 Å². The molecule has 0 bridgehead atoms. The van der Waals surface area contributed by atoms with Crippen molar-refractivity contribution in [2.45, 2.75) is 71.2 Å². The van der Waals surface area contributed by atoms with Crippen LogP contribution in [0.4, 0.5) is 5.69 Å². The molecule has 2 saturated heterocycles. The van der Waals surface area contributed by atoms with E-state index in [1.54, 1.807) is 4.90 Å². The monoisotopic (exact) mass is 468 g/mol. The fourth-order valence-electron chi connectivity index (χ4n) is 4.80. The van der Waals surface area contributed by atoms with Gasteiger partial charge in [-0.3, -0.25) is 14.5 Å². The molecule has 0 saturated carbocycles. The van der Waals surface area contributed by atoms with E-state index >= 15 is 0 Å². The average molecular weight is 469 g/mol. The van der Waals surface area contributed by atoms with Crippen LogP contribution in [-0.4, -0.2) is 52.9 Å². The molecule has 2 aliphatic rings. The zero-order valence-electron chi connectivity index (χ0n) is 20.9. The highest BCUT2D eigenvalue weighted by atomic mass is 16.7. The molecule has 2 N–H and O–H groups in total. The van der Waals surface area contributed by atoms with E-state index < -0.39 is 11.6 Å². The quantitative estimate of drug-likeness (QED) is 0.698. The summed E-state index contributed by atoms with van der Waals surface area (Å²) >= 11 is 0. The van der Waals surface area contributed by atoms with Crippen LogP contribution in [0.15, 0.2) is 36.8 Å². The molecule has 0 radical (unpaired) electrons. The molecule has 2 amide bonds. The summed E-state index contributed by atoms with van der Waals surface area (Å²) in [5, 5.41) is 3.11. The van der Waals surface area contributed by atoms with E-state index in [0.717, 1.165) is 12.0 Å². The first-order valence-corrected chi connectivity index (χ1v) is 11.9. The number of fused-ring (bicyclic) bond motifs is 1. The molecule has 3 heterocycles. The largest absolute Gasteiger partial charge is 0.352 e. The lowest BCUT2D eigenvalue weighted by Crippen LogP contribution is -2.58. The van der Waals surface area contributed by atoms with Crippen LogP contribution in [0, 0.1) is 11.8 Å². The Balaban J connectivity index is 1.80. The van der Waals surface area contributed by atoms with E-state index in [4.69, 9.17) is 9.47 Å². The van der Waals surface area contributed by atoms with Crippen LogP contribution < -0.4 is 10.2 Å². The molecule has 2 aromatic rings. The minimum Gasteiger partial charge on any atom is -0.352 e. The molecular weight excluding hydrogens is 432 g/mol. The topological polar surface area (TPSA) is 96.6 Å². The summed E-state index contributed by atoms with van der Waals surface area (Å²) in [5.74, 6) is -0.676. The first-order chi connectivity index (χ1) is 16.0. The van der Waals surface area contributed by atoms with Crippen LogP contribution in [0.1, 0.15) is 64.0 Å². The number of imidazole rings is 1. The first-order valence-electron chi connectivity index (χ1n) is 11.9. The molecule has 2 aliphatic heterocycles. The third-order valence-corrected chi connectivity index (χ3v) is 6.50. The molecule has 1 aromatic carbocycles. The molecule has 4 atom stereocenters. The maximum atomic E-state index is 13.9. The van der Waals surface area contributed by atoms with Gasteiger partial charge < -0.3 is 19.8 Å². The summed E-state index contributed by atoms with van der Waals surface area (Å²) < 4.78 is 11.6. The molecule has 2 fully saturated rings. The fraction of sp³-hybridized carbons (Fsp3) is 0.577. The lowest BCUT2D eigenvalue weighted by molar-refractivity contribution is -0.125. The number of hydrogen-bond acceptors (Lipinski definition) is 5. The molecule has 1 aromatic heterocycles. The Hall–Kier alpha value is -2.71. The van der Waals surface area contributed by atoms with Crippen molar-refractivity contribution in [3.63, 3.8) is 0 Å². The number of carbonyl (C=O) groups excluding carboxylic acids is 2. The smallest absolute Gasteiger partial charge is 0.277 e. The zero-order valence-corrected chi connectivity index (χ0v) is 20.9. The van der Waals surface area contributed by atoms with Crippen molar-refractivity contribution in [2.24, 2.45) is 11.8 Å².